The Hall–Kier alpha value is -2.83. The molecule has 132 valence electrons. The zero-order valence-electron chi connectivity index (χ0n) is 14.2. The molecule has 1 aromatic carbocycles. The van der Waals surface area contributed by atoms with Crippen LogP contribution in [0.1, 0.15) is 18.4 Å². The quantitative estimate of drug-likeness (QED) is 0.891. The molecule has 0 bridgehead atoms. The highest BCUT2D eigenvalue weighted by Gasteiger charge is 2.26. The Morgan fingerprint density at radius 2 is 2.00 bits per heavy atom. The lowest BCUT2D eigenvalue weighted by Gasteiger charge is -2.30. The van der Waals surface area contributed by atoms with Crippen molar-refractivity contribution < 1.29 is 14.7 Å². The number of nitrogens with one attached hydrogen (secondary N) is 1. The number of aryl methyl sites for hydroxylation is 1. The fourth-order valence-electron chi connectivity index (χ4n) is 3.13. The van der Waals surface area contributed by atoms with Crippen LogP contribution in [-0.4, -0.2) is 44.9 Å². The number of likely N-dealkylation sites (tertiary alicyclic amines) is 1. The normalized spacial score (nSPS) is 15.2. The average molecular weight is 342 g/mol. The summed E-state index contributed by atoms with van der Waals surface area (Å²) in [6.45, 7) is 1.38. The molecule has 1 aliphatic rings. The van der Waals surface area contributed by atoms with E-state index in [0.29, 0.717) is 32.5 Å². The lowest BCUT2D eigenvalue weighted by Crippen LogP contribution is -2.45. The van der Waals surface area contributed by atoms with E-state index in [1.165, 1.54) is 0 Å². The number of piperidine rings is 1. The first-order chi connectivity index (χ1) is 12.0. The van der Waals surface area contributed by atoms with Crippen LogP contribution in [0.3, 0.4) is 0 Å². The standard InChI is InChI=1S/C18H22N4O3/c1-21-12-15(11-20-21)16-5-3-2-4-14(16)10-19-18(25)22-8-6-13(7-9-22)17(23)24/h2-5,11-13H,6-10H2,1H3,(H,19,25)(H,23,24). The number of benzene rings is 1. The molecule has 2 N–H and O–H groups in total. The maximum Gasteiger partial charge on any atom is 0.317 e. The van der Waals surface area contributed by atoms with E-state index in [-0.39, 0.29) is 11.9 Å². The summed E-state index contributed by atoms with van der Waals surface area (Å²) in [7, 11) is 1.87. The number of hydrogen-bond acceptors (Lipinski definition) is 3. The molecule has 2 heterocycles. The molecule has 25 heavy (non-hydrogen) atoms. The van der Waals surface area contributed by atoms with Crippen LogP contribution in [0.2, 0.25) is 0 Å². The first kappa shape index (κ1) is 17.0. The number of urea groups is 1. The Morgan fingerprint density at radius 1 is 1.28 bits per heavy atom. The number of carbonyl (C=O) groups excluding carboxylic acids is 1. The van der Waals surface area contributed by atoms with E-state index in [1.54, 1.807) is 15.8 Å². The zero-order chi connectivity index (χ0) is 17.8. The topological polar surface area (TPSA) is 87.5 Å². The van der Waals surface area contributed by atoms with Gasteiger partial charge in [0.25, 0.3) is 0 Å². The van der Waals surface area contributed by atoms with Crippen molar-refractivity contribution in [1.29, 1.82) is 0 Å². The van der Waals surface area contributed by atoms with Gasteiger partial charge in [-0.2, -0.15) is 5.10 Å². The van der Waals surface area contributed by atoms with Crippen LogP contribution in [0.4, 0.5) is 4.79 Å². The molecule has 7 heteroatoms. The Balaban J connectivity index is 1.61. The SMILES string of the molecule is Cn1cc(-c2ccccc2CNC(=O)N2CCC(C(=O)O)CC2)cn1. The molecule has 0 radical (unpaired) electrons. The van der Waals surface area contributed by atoms with E-state index in [9.17, 15) is 9.59 Å². The van der Waals surface area contributed by atoms with Crippen molar-refractivity contribution in [3.8, 4) is 11.1 Å². The molecule has 0 spiro atoms. The Morgan fingerprint density at radius 3 is 2.64 bits per heavy atom. The number of rotatable bonds is 4. The second-order valence-electron chi connectivity index (χ2n) is 6.32. The molecule has 1 saturated heterocycles. The van der Waals surface area contributed by atoms with Gasteiger partial charge in [0.1, 0.15) is 0 Å². The second kappa shape index (κ2) is 7.38. The summed E-state index contributed by atoms with van der Waals surface area (Å²) >= 11 is 0. The van der Waals surface area contributed by atoms with Crippen molar-refractivity contribution in [1.82, 2.24) is 20.0 Å². The minimum Gasteiger partial charge on any atom is -0.481 e. The molecule has 1 aliphatic heterocycles. The third-order valence-electron chi connectivity index (χ3n) is 4.59. The van der Waals surface area contributed by atoms with Crippen LogP contribution in [-0.2, 0) is 18.4 Å². The summed E-state index contributed by atoms with van der Waals surface area (Å²) in [5, 5.41) is 16.2. The molecule has 0 aliphatic carbocycles. The Bertz CT molecular complexity index is 763. The molecular weight excluding hydrogens is 320 g/mol. The highest BCUT2D eigenvalue weighted by molar-refractivity contribution is 5.76. The van der Waals surface area contributed by atoms with Crippen LogP contribution >= 0.6 is 0 Å². The summed E-state index contributed by atoms with van der Waals surface area (Å²) in [4.78, 5) is 25.0. The summed E-state index contributed by atoms with van der Waals surface area (Å²) in [5.41, 5.74) is 3.07. The van der Waals surface area contributed by atoms with Crippen LogP contribution < -0.4 is 5.32 Å². The predicted molar refractivity (Wildman–Crippen MR) is 92.8 cm³/mol. The van der Waals surface area contributed by atoms with Gasteiger partial charge in [-0.3, -0.25) is 9.48 Å². The number of aliphatic carboxylic acids is 1. The van der Waals surface area contributed by atoms with Gasteiger partial charge < -0.3 is 15.3 Å². The summed E-state index contributed by atoms with van der Waals surface area (Å²) in [5.74, 6) is -1.11. The molecule has 7 nitrogen and oxygen atoms in total. The van der Waals surface area contributed by atoms with Gasteiger partial charge >= 0.3 is 12.0 Å². The second-order valence-corrected chi connectivity index (χ2v) is 6.32. The van der Waals surface area contributed by atoms with E-state index in [0.717, 1.165) is 16.7 Å². The number of carboxylic acids is 1. The molecule has 0 saturated carbocycles. The number of nitrogens with zero attached hydrogens (tertiary/aromatic N) is 3. The van der Waals surface area contributed by atoms with Gasteiger partial charge in [-0.1, -0.05) is 24.3 Å². The Kier molecular flexibility index (Phi) is 5.02. The van der Waals surface area contributed by atoms with Crippen LogP contribution in [0, 0.1) is 5.92 Å². The highest BCUT2D eigenvalue weighted by atomic mass is 16.4. The fourth-order valence-corrected chi connectivity index (χ4v) is 3.13. The van der Waals surface area contributed by atoms with Crippen molar-refractivity contribution >= 4 is 12.0 Å². The van der Waals surface area contributed by atoms with Gasteiger partial charge in [0.05, 0.1) is 12.1 Å². The summed E-state index contributed by atoms with van der Waals surface area (Å²) in [6.07, 6.45) is 4.76. The number of hydrogen-bond donors (Lipinski definition) is 2. The number of carbonyl (C=O) groups is 2. The summed E-state index contributed by atoms with van der Waals surface area (Å²) < 4.78 is 1.75. The Labute approximate surface area is 146 Å². The van der Waals surface area contributed by atoms with Gasteiger partial charge in [0.15, 0.2) is 0 Å². The molecule has 0 unspecified atom stereocenters. The number of carboxylic acid groups (broad SMARTS) is 1. The van der Waals surface area contributed by atoms with Crippen molar-refractivity contribution in [2.45, 2.75) is 19.4 Å². The van der Waals surface area contributed by atoms with Crippen molar-refractivity contribution in [2.24, 2.45) is 13.0 Å². The molecule has 2 aromatic rings. The lowest BCUT2D eigenvalue weighted by atomic mass is 9.97. The van der Waals surface area contributed by atoms with Crippen molar-refractivity contribution in [2.75, 3.05) is 13.1 Å². The van der Waals surface area contributed by atoms with Crippen molar-refractivity contribution in [3.05, 3.63) is 42.2 Å². The highest BCUT2D eigenvalue weighted by Crippen LogP contribution is 2.23. The maximum atomic E-state index is 12.4. The molecular formula is C18H22N4O3. The first-order valence-electron chi connectivity index (χ1n) is 8.37. The third-order valence-corrected chi connectivity index (χ3v) is 4.59. The minimum atomic E-state index is -0.773. The van der Waals surface area contributed by atoms with Crippen LogP contribution in [0.25, 0.3) is 11.1 Å². The molecule has 1 aromatic heterocycles. The predicted octanol–water partition coefficient (Wildman–Crippen LogP) is 2.09. The zero-order valence-corrected chi connectivity index (χ0v) is 14.2. The third kappa shape index (κ3) is 3.99. The molecule has 1 fully saturated rings. The van der Waals surface area contributed by atoms with Gasteiger partial charge in [-0.05, 0) is 24.0 Å². The van der Waals surface area contributed by atoms with E-state index in [1.807, 2.05) is 37.5 Å². The van der Waals surface area contributed by atoms with Gasteiger partial charge in [-0.25, -0.2) is 4.79 Å². The molecule has 3 rings (SSSR count). The average Bonchev–Trinajstić information content (AvgIpc) is 3.06. The van der Waals surface area contributed by atoms with E-state index in [4.69, 9.17) is 5.11 Å². The van der Waals surface area contributed by atoms with Crippen molar-refractivity contribution in [3.63, 3.8) is 0 Å². The minimum absolute atomic E-state index is 0.148. The molecule has 2 amide bonds. The largest absolute Gasteiger partial charge is 0.481 e. The van der Waals surface area contributed by atoms with Crippen LogP contribution in [0.15, 0.2) is 36.7 Å². The fraction of sp³-hybridized carbons (Fsp3) is 0.389. The van der Waals surface area contributed by atoms with Gasteiger partial charge in [-0.15, -0.1) is 0 Å². The maximum absolute atomic E-state index is 12.4. The number of aromatic nitrogens is 2. The molecule has 0 atom stereocenters. The monoisotopic (exact) mass is 342 g/mol. The van der Waals surface area contributed by atoms with Crippen LogP contribution in [0.5, 0.6) is 0 Å². The van der Waals surface area contributed by atoms with E-state index < -0.39 is 5.97 Å². The number of amides is 2. The first-order valence-corrected chi connectivity index (χ1v) is 8.37. The lowest BCUT2D eigenvalue weighted by molar-refractivity contribution is -0.143. The van der Waals surface area contributed by atoms with E-state index >= 15 is 0 Å². The van der Waals surface area contributed by atoms with Gasteiger partial charge in [0.2, 0.25) is 0 Å². The smallest absolute Gasteiger partial charge is 0.317 e. The van der Waals surface area contributed by atoms with E-state index in [2.05, 4.69) is 10.4 Å². The summed E-state index contributed by atoms with van der Waals surface area (Å²) in [6, 6.07) is 7.75. The van der Waals surface area contributed by atoms with Gasteiger partial charge in [0, 0.05) is 38.4 Å².